The Kier molecular flexibility index (Phi) is 5.63. The number of phenols is 1. The number of aryl methyl sites for hydroxylation is 1. The fourth-order valence-corrected chi connectivity index (χ4v) is 2.04. The van der Waals surface area contributed by atoms with E-state index in [1.54, 1.807) is 6.07 Å². The van der Waals surface area contributed by atoms with Crippen LogP contribution in [-0.4, -0.2) is 23.4 Å². The van der Waals surface area contributed by atoms with Crippen LogP contribution in [0, 0.1) is 12.3 Å². The Morgan fingerprint density at radius 3 is 2.67 bits per heavy atom. The number of nitrogens with one attached hydrogen (secondary N) is 1. The average Bonchev–Trinajstić information content (AvgIpc) is 2.31. The van der Waals surface area contributed by atoms with Crippen LogP contribution in [0.1, 0.15) is 37.8 Å². The smallest absolute Gasteiger partial charge is 0.120 e. The topological polar surface area (TPSA) is 52.5 Å². The van der Waals surface area contributed by atoms with E-state index in [1.165, 1.54) is 0 Å². The molecule has 0 bridgehead atoms. The number of aromatic hydroxyl groups is 1. The number of rotatable bonds is 7. The summed E-state index contributed by atoms with van der Waals surface area (Å²) in [6.45, 7) is 8.20. The number of hydrogen-bond acceptors (Lipinski definition) is 3. The van der Waals surface area contributed by atoms with E-state index < -0.39 is 0 Å². The second-order valence-electron chi connectivity index (χ2n) is 5.73. The molecule has 3 heteroatoms. The molecule has 0 aliphatic rings. The van der Waals surface area contributed by atoms with Crippen LogP contribution in [-0.2, 0) is 6.54 Å². The first kappa shape index (κ1) is 15.0. The molecule has 0 saturated heterocycles. The molecule has 0 heterocycles. The van der Waals surface area contributed by atoms with Crippen molar-refractivity contribution >= 4 is 0 Å². The predicted molar refractivity (Wildman–Crippen MR) is 74.7 cm³/mol. The van der Waals surface area contributed by atoms with E-state index >= 15 is 0 Å². The number of aliphatic hydroxyl groups is 1. The highest BCUT2D eigenvalue weighted by Crippen LogP contribution is 2.22. The summed E-state index contributed by atoms with van der Waals surface area (Å²) in [5, 5.41) is 22.0. The minimum absolute atomic E-state index is 0.169. The summed E-state index contributed by atoms with van der Waals surface area (Å²) in [4.78, 5) is 0. The van der Waals surface area contributed by atoms with Crippen molar-refractivity contribution < 1.29 is 10.2 Å². The first-order valence-corrected chi connectivity index (χ1v) is 6.55. The molecule has 0 atom stereocenters. The molecule has 1 rings (SSSR count). The van der Waals surface area contributed by atoms with Crippen LogP contribution in [0.4, 0.5) is 0 Å². The third-order valence-corrected chi connectivity index (χ3v) is 3.17. The SMILES string of the molecule is Cc1ccc(O)c(CNCC(C)(C)CCCO)c1. The molecule has 1 aromatic rings. The van der Waals surface area contributed by atoms with Crippen LogP contribution in [0.3, 0.4) is 0 Å². The standard InChI is InChI=1S/C15H25NO2/c1-12-5-6-14(18)13(9-12)10-16-11-15(2,3)7-4-8-17/h5-6,9,16-18H,4,7-8,10-11H2,1-3H3. The highest BCUT2D eigenvalue weighted by molar-refractivity contribution is 5.35. The summed E-state index contributed by atoms with van der Waals surface area (Å²) < 4.78 is 0. The summed E-state index contributed by atoms with van der Waals surface area (Å²) in [5.41, 5.74) is 2.26. The van der Waals surface area contributed by atoms with Crippen molar-refractivity contribution in [2.45, 2.75) is 40.2 Å². The first-order chi connectivity index (χ1) is 8.44. The number of benzene rings is 1. The molecule has 0 aliphatic heterocycles. The van der Waals surface area contributed by atoms with Crippen molar-refractivity contribution in [1.29, 1.82) is 0 Å². The highest BCUT2D eigenvalue weighted by atomic mass is 16.3. The Balaban J connectivity index is 2.43. The Bertz CT molecular complexity index is 375. The predicted octanol–water partition coefficient (Wildman–Crippen LogP) is 2.59. The van der Waals surface area contributed by atoms with E-state index in [1.807, 2.05) is 19.1 Å². The van der Waals surface area contributed by atoms with Crippen molar-refractivity contribution in [3.63, 3.8) is 0 Å². The third-order valence-electron chi connectivity index (χ3n) is 3.17. The van der Waals surface area contributed by atoms with Gasteiger partial charge in [0.05, 0.1) is 0 Å². The van der Waals surface area contributed by atoms with Crippen molar-refractivity contribution in [3.05, 3.63) is 29.3 Å². The molecule has 0 radical (unpaired) electrons. The summed E-state index contributed by atoms with van der Waals surface area (Å²) in [7, 11) is 0. The van der Waals surface area contributed by atoms with Gasteiger partial charge >= 0.3 is 0 Å². The van der Waals surface area contributed by atoms with Gasteiger partial charge in [-0.2, -0.15) is 0 Å². The lowest BCUT2D eigenvalue weighted by Crippen LogP contribution is -2.29. The zero-order valence-electron chi connectivity index (χ0n) is 11.7. The molecule has 3 N–H and O–H groups in total. The van der Waals surface area contributed by atoms with Gasteiger partial charge in [-0.15, -0.1) is 0 Å². The monoisotopic (exact) mass is 251 g/mol. The van der Waals surface area contributed by atoms with E-state index in [4.69, 9.17) is 5.11 Å². The maximum Gasteiger partial charge on any atom is 0.120 e. The van der Waals surface area contributed by atoms with Crippen LogP contribution in [0.5, 0.6) is 5.75 Å². The Morgan fingerprint density at radius 2 is 2.00 bits per heavy atom. The Labute approximate surface area is 110 Å². The van der Waals surface area contributed by atoms with Crippen molar-refractivity contribution in [3.8, 4) is 5.75 Å². The van der Waals surface area contributed by atoms with Gasteiger partial charge in [-0.25, -0.2) is 0 Å². The van der Waals surface area contributed by atoms with Gasteiger partial charge in [-0.1, -0.05) is 31.5 Å². The quantitative estimate of drug-likeness (QED) is 0.698. The summed E-state index contributed by atoms with van der Waals surface area (Å²) in [6.07, 6.45) is 1.83. The summed E-state index contributed by atoms with van der Waals surface area (Å²) in [5.74, 6) is 0.348. The largest absolute Gasteiger partial charge is 0.508 e. The van der Waals surface area contributed by atoms with Crippen LogP contribution in [0.15, 0.2) is 18.2 Å². The molecule has 102 valence electrons. The fourth-order valence-electron chi connectivity index (χ4n) is 2.04. The normalized spacial score (nSPS) is 11.8. The molecular formula is C15H25NO2. The van der Waals surface area contributed by atoms with E-state index in [2.05, 4.69) is 19.2 Å². The molecule has 1 aromatic carbocycles. The van der Waals surface area contributed by atoms with Gasteiger partial charge in [0.1, 0.15) is 5.75 Å². The zero-order chi connectivity index (χ0) is 13.6. The van der Waals surface area contributed by atoms with Crippen molar-refractivity contribution in [2.24, 2.45) is 5.41 Å². The highest BCUT2D eigenvalue weighted by Gasteiger charge is 2.16. The van der Waals surface area contributed by atoms with Crippen LogP contribution in [0.25, 0.3) is 0 Å². The molecule has 0 unspecified atom stereocenters. The third kappa shape index (κ3) is 5.07. The minimum Gasteiger partial charge on any atom is -0.508 e. The van der Waals surface area contributed by atoms with E-state index in [0.29, 0.717) is 12.3 Å². The first-order valence-electron chi connectivity index (χ1n) is 6.55. The molecule has 0 spiro atoms. The van der Waals surface area contributed by atoms with Crippen LogP contribution in [0.2, 0.25) is 0 Å². The zero-order valence-corrected chi connectivity index (χ0v) is 11.7. The van der Waals surface area contributed by atoms with Gasteiger partial charge in [0.15, 0.2) is 0 Å². The maximum absolute atomic E-state index is 9.73. The second-order valence-corrected chi connectivity index (χ2v) is 5.73. The lowest BCUT2D eigenvalue weighted by Gasteiger charge is -2.24. The Hall–Kier alpha value is -1.06. The Morgan fingerprint density at radius 1 is 1.28 bits per heavy atom. The molecule has 0 fully saturated rings. The van der Waals surface area contributed by atoms with Gasteiger partial charge in [-0.3, -0.25) is 0 Å². The van der Waals surface area contributed by atoms with Gasteiger partial charge in [0.25, 0.3) is 0 Å². The maximum atomic E-state index is 9.73. The van der Waals surface area contributed by atoms with Crippen LogP contribution >= 0.6 is 0 Å². The van der Waals surface area contributed by atoms with Gasteiger partial charge < -0.3 is 15.5 Å². The van der Waals surface area contributed by atoms with Gasteiger partial charge in [-0.05, 0) is 31.2 Å². The molecule has 3 nitrogen and oxygen atoms in total. The number of phenolic OH excluding ortho intramolecular Hbond substituents is 1. The number of hydrogen-bond donors (Lipinski definition) is 3. The van der Waals surface area contributed by atoms with E-state index in [9.17, 15) is 5.11 Å². The molecular weight excluding hydrogens is 226 g/mol. The summed E-state index contributed by atoms with van der Waals surface area (Å²) in [6, 6.07) is 5.65. The van der Waals surface area contributed by atoms with E-state index in [0.717, 1.165) is 30.5 Å². The molecule has 0 aromatic heterocycles. The van der Waals surface area contributed by atoms with Gasteiger partial charge in [0, 0.05) is 25.3 Å². The minimum atomic E-state index is 0.169. The average molecular weight is 251 g/mol. The number of aliphatic hydroxyl groups excluding tert-OH is 1. The fraction of sp³-hybridized carbons (Fsp3) is 0.600. The lowest BCUT2D eigenvalue weighted by atomic mass is 9.88. The van der Waals surface area contributed by atoms with Crippen molar-refractivity contribution in [1.82, 2.24) is 5.32 Å². The van der Waals surface area contributed by atoms with Crippen LogP contribution < -0.4 is 5.32 Å². The second kappa shape index (κ2) is 6.76. The van der Waals surface area contributed by atoms with E-state index in [-0.39, 0.29) is 12.0 Å². The molecule has 18 heavy (non-hydrogen) atoms. The molecule has 0 aliphatic carbocycles. The molecule has 0 amide bonds. The van der Waals surface area contributed by atoms with Gasteiger partial charge in [0.2, 0.25) is 0 Å². The van der Waals surface area contributed by atoms with Crippen molar-refractivity contribution in [2.75, 3.05) is 13.2 Å². The molecule has 0 saturated carbocycles. The lowest BCUT2D eigenvalue weighted by molar-refractivity contribution is 0.236. The summed E-state index contributed by atoms with van der Waals surface area (Å²) >= 11 is 0.